The van der Waals surface area contributed by atoms with Gasteiger partial charge in [-0.25, -0.2) is 0 Å². The number of rotatable bonds is 2. The van der Waals surface area contributed by atoms with Gasteiger partial charge >= 0.3 is 0 Å². The maximum Gasteiger partial charge on any atom is 0.0782 e. The minimum atomic E-state index is 1.06. The molecule has 3 aromatic rings. The van der Waals surface area contributed by atoms with Crippen molar-refractivity contribution in [3.63, 3.8) is 0 Å². The summed E-state index contributed by atoms with van der Waals surface area (Å²) in [6.45, 7) is 4.01. The van der Waals surface area contributed by atoms with Gasteiger partial charge in [0, 0.05) is 17.2 Å². The first-order valence-electron chi connectivity index (χ1n) is 6.91. The smallest absolute Gasteiger partial charge is 0.0782 e. The zero-order chi connectivity index (χ0) is 13.9. The largest absolute Gasteiger partial charge is 0.260 e. The molecule has 0 radical (unpaired) electrons. The first-order valence-corrected chi connectivity index (χ1v) is 6.91. The SMILES string of the molecule is CC=Nc1c(/C=C\C)c2ccccc2c2ccccc12. The third kappa shape index (κ3) is 1.92. The van der Waals surface area contributed by atoms with Gasteiger partial charge in [0.25, 0.3) is 0 Å². The van der Waals surface area contributed by atoms with E-state index in [1.165, 1.54) is 27.1 Å². The summed E-state index contributed by atoms with van der Waals surface area (Å²) in [7, 11) is 0. The van der Waals surface area contributed by atoms with Gasteiger partial charge in [-0.1, -0.05) is 60.7 Å². The topological polar surface area (TPSA) is 12.4 Å². The molecule has 0 amide bonds. The van der Waals surface area contributed by atoms with Crippen LogP contribution in [-0.2, 0) is 0 Å². The number of aliphatic imine (C=N–C) groups is 1. The standard InChI is InChI=1S/C19H17N/c1-3-9-17-15-11-6-5-10-14(15)16-12-7-8-13-18(16)19(17)20-4-2/h3-13H,1-2H3/b9-3-,20-4?. The number of allylic oxidation sites excluding steroid dienone is 1. The number of fused-ring (bicyclic) bond motifs is 3. The van der Waals surface area contributed by atoms with Crippen LogP contribution in [0, 0.1) is 0 Å². The van der Waals surface area contributed by atoms with Gasteiger partial charge in [0.2, 0.25) is 0 Å². The second kappa shape index (κ2) is 5.30. The van der Waals surface area contributed by atoms with E-state index in [1.807, 2.05) is 20.1 Å². The fourth-order valence-corrected chi connectivity index (χ4v) is 2.75. The van der Waals surface area contributed by atoms with Crippen LogP contribution in [0.15, 0.2) is 59.6 Å². The molecule has 1 heteroatoms. The second-order valence-electron chi connectivity index (χ2n) is 4.74. The molecule has 0 aliphatic heterocycles. The molecule has 3 rings (SSSR count). The lowest BCUT2D eigenvalue weighted by molar-refractivity contribution is 1.56. The highest BCUT2D eigenvalue weighted by Gasteiger charge is 2.10. The molecule has 20 heavy (non-hydrogen) atoms. The Kier molecular flexibility index (Phi) is 3.34. The first kappa shape index (κ1) is 12.6. The summed E-state index contributed by atoms with van der Waals surface area (Å²) in [5, 5.41) is 5.01. The maximum atomic E-state index is 4.63. The van der Waals surface area contributed by atoms with Crippen LogP contribution in [-0.4, -0.2) is 6.21 Å². The lowest BCUT2D eigenvalue weighted by atomic mass is 9.95. The summed E-state index contributed by atoms with van der Waals surface area (Å²) in [4.78, 5) is 4.63. The van der Waals surface area contributed by atoms with Crippen molar-refractivity contribution in [2.75, 3.05) is 0 Å². The van der Waals surface area contributed by atoms with Crippen LogP contribution in [0.5, 0.6) is 0 Å². The molecule has 0 spiro atoms. The molecule has 0 N–H and O–H groups in total. The summed E-state index contributed by atoms with van der Waals surface area (Å²) in [5.41, 5.74) is 2.25. The van der Waals surface area contributed by atoms with Crippen LogP contribution in [0.2, 0.25) is 0 Å². The molecule has 0 aliphatic rings. The number of hydrogen-bond acceptors (Lipinski definition) is 1. The fraction of sp³-hybridized carbons (Fsp3) is 0.105. The molecular formula is C19H17N. The van der Waals surface area contributed by atoms with Crippen molar-refractivity contribution in [3.8, 4) is 0 Å². The van der Waals surface area contributed by atoms with Gasteiger partial charge in [-0.2, -0.15) is 0 Å². The number of hydrogen-bond donors (Lipinski definition) is 0. The highest BCUT2D eigenvalue weighted by molar-refractivity contribution is 6.16. The van der Waals surface area contributed by atoms with Crippen molar-refractivity contribution >= 4 is 39.5 Å². The van der Waals surface area contributed by atoms with Crippen LogP contribution < -0.4 is 0 Å². The lowest BCUT2D eigenvalue weighted by Gasteiger charge is -2.12. The first-order chi connectivity index (χ1) is 9.86. The van der Waals surface area contributed by atoms with Gasteiger partial charge in [0.15, 0.2) is 0 Å². The van der Waals surface area contributed by atoms with Crippen molar-refractivity contribution in [2.24, 2.45) is 4.99 Å². The van der Waals surface area contributed by atoms with Gasteiger partial charge in [-0.15, -0.1) is 0 Å². The Morgan fingerprint density at radius 1 is 0.750 bits per heavy atom. The Morgan fingerprint density at radius 2 is 1.30 bits per heavy atom. The third-order valence-electron chi connectivity index (χ3n) is 3.54. The van der Waals surface area contributed by atoms with E-state index in [2.05, 4.69) is 65.7 Å². The van der Waals surface area contributed by atoms with Crippen LogP contribution in [0.4, 0.5) is 5.69 Å². The van der Waals surface area contributed by atoms with Crippen molar-refractivity contribution in [1.82, 2.24) is 0 Å². The Hall–Kier alpha value is -2.41. The third-order valence-corrected chi connectivity index (χ3v) is 3.54. The molecule has 0 fully saturated rings. The molecule has 98 valence electrons. The Labute approximate surface area is 119 Å². The van der Waals surface area contributed by atoms with E-state index in [0.717, 1.165) is 5.69 Å². The summed E-state index contributed by atoms with van der Waals surface area (Å²) in [6.07, 6.45) is 6.09. The normalized spacial score (nSPS) is 12.1. The lowest BCUT2D eigenvalue weighted by Crippen LogP contribution is -1.85. The van der Waals surface area contributed by atoms with Gasteiger partial charge in [-0.05, 0) is 30.0 Å². The molecule has 0 bridgehead atoms. The van der Waals surface area contributed by atoms with E-state index >= 15 is 0 Å². The number of nitrogens with zero attached hydrogens (tertiary/aromatic N) is 1. The average Bonchev–Trinajstić information content (AvgIpc) is 2.51. The van der Waals surface area contributed by atoms with Gasteiger partial charge < -0.3 is 0 Å². The van der Waals surface area contributed by atoms with E-state index in [9.17, 15) is 0 Å². The minimum Gasteiger partial charge on any atom is -0.260 e. The van der Waals surface area contributed by atoms with E-state index in [-0.39, 0.29) is 0 Å². The molecular weight excluding hydrogens is 242 g/mol. The fourth-order valence-electron chi connectivity index (χ4n) is 2.75. The molecule has 3 aromatic carbocycles. The predicted octanol–water partition coefficient (Wildman–Crippen LogP) is 5.75. The quantitative estimate of drug-likeness (QED) is 0.410. The average molecular weight is 259 g/mol. The zero-order valence-corrected chi connectivity index (χ0v) is 11.8. The Balaban J connectivity index is 2.61. The summed E-state index contributed by atoms with van der Waals surface area (Å²) < 4.78 is 0. The van der Waals surface area contributed by atoms with E-state index in [4.69, 9.17) is 0 Å². The summed E-state index contributed by atoms with van der Waals surface area (Å²) in [5.74, 6) is 0. The molecule has 0 unspecified atom stereocenters. The van der Waals surface area contributed by atoms with Crippen molar-refractivity contribution in [2.45, 2.75) is 13.8 Å². The van der Waals surface area contributed by atoms with Gasteiger partial charge in [-0.3, -0.25) is 4.99 Å². The highest BCUT2D eigenvalue weighted by atomic mass is 14.7. The van der Waals surface area contributed by atoms with E-state index < -0.39 is 0 Å². The summed E-state index contributed by atoms with van der Waals surface area (Å²) in [6, 6.07) is 17.0. The molecule has 1 nitrogen and oxygen atoms in total. The van der Waals surface area contributed by atoms with E-state index in [1.54, 1.807) is 0 Å². The summed E-state index contributed by atoms with van der Waals surface area (Å²) >= 11 is 0. The second-order valence-corrected chi connectivity index (χ2v) is 4.74. The van der Waals surface area contributed by atoms with Crippen LogP contribution in [0.3, 0.4) is 0 Å². The van der Waals surface area contributed by atoms with Crippen LogP contribution in [0.1, 0.15) is 19.4 Å². The Bertz CT molecular complexity index is 755. The molecule has 0 saturated carbocycles. The molecule has 0 heterocycles. The van der Waals surface area contributed by atoms with Crippen molar-refractivity contribution in [3.05, 3.63) is 60.2 Å². The van der Waals surface area contributed by atoms with Crippen LogP contribution in [0.25, 0.3) is 27.6 Å². The van der Waals surface area contributed by atoms with Crippen molar-refractivity contribution < 1.29 is 0 Å². The minimum absolute atomic E-state index is 1.06. The van der Waals surface area contributed by atoms with E-state index in [0.29, 0.717) is 0 Å². The predicted molar refractivity (Wildman–Crippen MR) is 90.0 cm³/mol. The Morgan fingerprint density at radius 3 is 1.90 bits per heavy atom. The zero-order valence-electron chi connectivity index (χ0n) is 11.8. The van der Waals surface area contributed by atoms with Gasteiger partial charge in [0.05, 0.1) is 5.69 Å². The van der Waals surface area contributed by atoms with Gasteiger partial charge in [0.1, 0.15) is 0 Å². The van der Waals surface area contributed by atoms with Crippen molar-refractivity contribution in [1.29, 1.82) is 0 Å². The number of benzene rings is 3. The molecule has 0 atom stereocenters. The van der Waals surface area contributed by atoms with Crippen LogP contribution >= 0.6 is 0 Å². The molecule has 0 aliphatic carbocycles. The molecule has 0 aromatic heterocycles. The highest BCUT2D eigenvalue weighted by Crippen LogP contribution is 2.38. The molecule has 0 saturated heterocycles. The monoisotopic (exact) mass is 259 g/mol. The maximum absolute atomic E-state index is 4.63.